The highest BCUT2D eigenvalue weighted by molar-refractivity contribution is 5.38. The van der Waals surface area contributed by atoms with Crippen LogP contribution in [-0.2, 0) is 4.74 Å². The minimum Gasteiger partial charge on any atom is -0.365 e. The van der Waals surface area contributed by atoms with E-state index < -0.39 is 5.79 Å². The normalized spacial score (nSPS) is 72.5. The average Bonchev–Trinajstić information content (AvgIpc) is 3.09. The number of ether oxygens (including phenoxy) is 1. The van der Waals surface area contributed by atoms with E-state index in [0.29, 0.717) is 29.6 Å². The van der Waals surface area contributed by atoms with Gasteiger partial charge in [0.05, 0.1) is 5.60 Å². The van der Waals surface area contributed by atoms with Crippen LogP contribution in [0.2, 0.25) is 0 Å². The van der Waals surface area contributed by atoms with E-state index in [1.807, 2.05) is 6.08 Å². The summed E-state index contributed by atoms with van der Waals surface area (Å²) >= 11 is 0. The minimum absolute atomic E-state index is 0.0752. The highest BCUT2D eigenvalue weighted by atomic mass is 16.7. The van der Waals surface area contributed by atoms with Crippen LogP contribution in [0.25, 0.3) is 0 Å². The van der Waals surface area contributed by atoms with Crippen LogP contribution in [0.15, 0.2) is 24.8 Å². The Kier molecular flexibility index (Phi) is 1.39. The molecule has 1 aliphatic heterocycles. The van der Waals surface area contributed by atoms with Crippen LogP contribution in [0.3, 0.4) is 0 Å². The zero-order valence-corrected chi connectivity index (χ0v) is 11.0. The smallest absolute Gasteiger partial charge is 0.173 e. The second-order valence-corrected chi connectivity index (χ2v) is 7.85. The molecule has 0 radical (unpaired) electrons. The van der Waals surface area contributed by atoms with Crippen LogP contribution in [-0.4, -0.2) is 16.5 Å². The zero-order valence-electron chi connectivity index (χ0n) is 11.0. The number of fused-ring (bicyclic) bond motifs is 2. The second kappa shape index (κ2) is 2.60. The maximum Gasteiger partial charge on any atom is 0.173 e. The molecule has 1 heterocycles. The summed E-state index contributed by atoms with van der Waals surface area (Å²) < 4.78 is 6.52. The van der Waals surface area contributed by atoms with Crippen LogP contribution >= 0.6 is 0 Å². The van der Waals surface area contributed by atoms with Crippen molar-refractivity contribution in [3.63, 3.8) is 0 Å². The number of hydrogen-bond donors (Lipinski definition) is 1. The molecule has 1 N–H and O–H groups in total. The van der Waals surface area contributed by atoms with E-state index in [-0.39, 0.29) is 5.60 Å². The number of allylic oxidation sites excluding steroid dienone is 2. The van der Waals surface area contributed by atoms with Gasteiger partial charge in [0, 0.05) is 17.8 Å². The Labute approximate surface area is 113 Å². The molecule has 10 atom stereocenters. The Balaban J connectivity index is 1.65. The van der Waals surface area contributed by atoms with Gasteiger partial charge in [0.15, 0.2) is 5.79 Å². The van der Waals surface area contributed by atoms with Gasteiger partial charge in [-0.1, -0.05) is 18.2 Å². The van der Waals surface area contributed by atoms with E-state index in [2.05, 4.69) is 18.7 Å². The average molecular weight is 256 g/mol. The predicted molar refractivity (Wildman–Crippen MR) is 69.9 cm³/mol. The van der Waals surface area contributed by atoms with E-state index in [1.54, 1.807) is 0 Å². The summed E-state index contributed by atoms with van der Waals surface area (Å²) in [4.78, 5) is 0. The van der Waals surface area contributed by atoms with Crippen molar-refractivity contribution in [1.29, 1.82) is 0 Å². The van der Waals surface area contributed by atoms with Crippen molar-refractivity contribution in [3.8, 4) is 0 Å². The third kappa shape index (κ3) is 0.726. The van der Waals surface area contributed by atoms with E-state index in [4.69, 9.17) is 4.74 Å². The summed E-state index contributed by atoms with van der Waals surface area (Å²) in [5, 5.41) is 11.3. The largest absolute Gasteiger partial charge is 0.365 e. The standard InChI is InChI=1S/C17H20O2/c1-2-4-11-13-9-7-8-12(13)10-5-3-6-16(10)14(8)15(9)17(11,18)19-16/h2-3,6,8-15,18H,1,4-5,7H2. The van der Waals surface area contributed by atoms with Crippen LogP contribution in [0.4, 0.5) is 0 Å². The first kappa shape index (κ1) is 10.2. The fraction of sp³-hybridized carbons (Fsp3) is 0.765. The lowest BCUT2D eigenvalue weighted by Gasteiger charge is -2.32. The van der Waals surface area contributed by atoms with Crippen molar-refractivity contribution in [2.24, 2.45) is 47.3 Å². The second-order valence-electron chi connectivity index (χ2n) is 7.85. The molecule has 0 aromatic rings. The summed E-state index contributed by atoms with van der Waals surface area (Å²) in [5.41, 5.74) is -0.0752. The first-order chi connectivity index (χ1) is 9.22. The van der Waals surface area contributed by atoms with Gasteiger partial charge in [-0.25, -0.2) is 0 Å². The van der Waals surface area contributed by atoms with E-state index in [1.165, 1.54) is 12.8 Å². The van der Waals surface area contributed by atoms with Crippen LogP contribution in [0.1, 0.15) is 19.3 Å². The van der Waals surface area contributed by atoms with Crippen molar-refractivity contribution < 1.29 is 9.84 Å². The van der Waals surface area contributed by atoms with Crippen molar-refractivity contribution in [2.45, 2.75) is 30.7 Å². The number of hydrogen-bond acceptors (Lipinski definition) is 2. The summed E-state index contributed by atoms with van der Waals surface area (Å²) in [5.74, 6) is 4.34. The molecule has 2 bridgehead atoms. The van der Waals surface area contributed by atoms with E-state index in [9.17, 15) is 5.11 Å². The molecule has 6 rings (SSSR count). The van der Waals surface area contributed by atoms with Crippen LogP contribution in [0.5, 0.6) is 0 Å². The molecule has 1 spiro atoms. The van der Waals surface area contributed by atoms with E-state index >= 15 is 0 Å². The zero-order chi connectivity index (χ0) is 12.6. The van der Waals surface area contributed by atoms with Gasteiger partial charge in [0.2, 0.25) is 0 Å². The molecule has 4 saturated carbocycles. The Bertz CT molecular complexity index is 539. The third-order valence-corrected chi connectivity index (χ3v) is 7.85. The SMILES string of the molecule is C=CCC1C2C3CC4C2C2CC=CC25OC1(O)C3C45. The Morgan fingerprint density at radius 1 is 1.32 bits per heavy atom. The highest BCUT2D eigenvalue weighted by Gasteiger charge is 2.87. The lowest BCUT2D eigenvalue weighted by atomic mass is 9.75. The Morgan fingerprint density at radius 2 is 2.16 bits per heavy atom. The van der Waals surface area contributed by atoms with Crippen molar-refractivity contribution in [2.75, 3.05) is 0 Å². The lowest BCUT2D eigenvalue weighted by molar-refractivity contribution is -0.246. The van der Waals surface area contributed by atoms with Crippen molar-refractivity contribution >= 4 is 0 Å². The van der Waals surface area contributed by atoms with Crippen molar-refractivity contribution in [1.82, 2.24) is 0 Å². The summed E-state index contributed by atoms with van der Waals surface area (Å²) in [6, 6.07) is 0. The van der Waals surface area contributed by atoms with Gasteiger partial charge in [-0.05, 0) is 48.9 Å². The number of aliphatic hydroxyl groups is 1. The molecular formula is C17H20O2. The third-order valence-electron chi connectivity index (χ3n) is 7.85. The molecule has 0 aromatic carbocycles. The fourth-order valence-electron chi connectivity index (χ4n) is 7.97. The fourth-order valence-corrected chi connectivity index (χ4v) is 7.97. The summed E-state index contributed by atoms with van der Waals surface area (Å²) in [7, 11) is 0. The Hall–Kier alpha value is -0.600. The minimum atomic E-state index is -0.832. The molecule has 0 amide bonds. The van der Waals surface area contributed by atoms with Crippen LogP contribution in [0, 0.1) is 47.3 Å². The van der Waals surface area contributed by atoms with Crippen LogP contribution < -0.4 is 0 Å². The van der Waals surface area contributed by atoms with Gasteiger partial charge in [-0.3, -0.25) is 0 Å². The predicted octanol–water partition coefficient (Wildman–Crippen LogP) is 2.35. The molecular weight excluding hydrogens is 236 g/mol. The molecule has 10 unspecified atom stereocenters. The van der Waals surface area contributed by atoms with E-state index in [0.717, 1.165) is 24.2 Å². The molecule has 0 aromatic heterocycles. The molecule has 1 saturated heterocycles. The maximum atomic E-state index is 11.3. The quantitative estimate of drug-likeness (QED) is 0.769. The molecule has 5 fully saturated rings. The molecule has 5 aliphatic carbocycles. The maximum absolute atomic E-state index is 11.3. The van der Waals surface area contributed by atoms with Gasteiger partial charge < -0.3 is 9.84 Å². The topological polar surface area (TPSA) is 29.5 Å². The summed E-state index contributed by atoms with van der Waals surface area (Å²) in [6.07, 6.45) is 10.1. The summed E-state index contributed by atoms with van der Waals surface area (Å²) in [6.45, 7) is 3.92. The Morgan fingerprint density at radius 3 is 3.00 bits per heavy atom. The highest BCUT2D eigenvalue weighted by Crippen LogP contribution is 2.84. The lowest BCUT2D eigenvalue weighted by Crippen LogP contribution is -2.41. The van der Waals surface area contributed by atoms with Gasteiger partial charge in [0.25, 0.3) is 0 Å². The van der Waals surface area contributed by atoms with Gasteiger partial charge >= 0.3 is 0 Å². The van der Waals surface area contributed by atoms with Gasteiger partial charge in [-0.15, -0.1) is 6.58 Å². The molecule has 2 heteroatoms. The van der Waals surface area contributed by atoms with Gasteiger partial charge in [0.1, 0.15) is 0 Å². The molecule has 19 heavy (non-hydrogen) atoms. The molecule has 2 nitrogen and oxygen atoms in total. The molecule has 100 valence electrons. The van der Waals surface area contributed by atoms with Crippen molar-refractivity contribution in [3.05, 3.63) is 24.8 Å². The first-order valence-corrected chi connectivity index (χ1v) is 7.93. The first-order valence-electron chi connectivity index (χ1n) is 7.93. The number of rotatable bonds is 2. The monoisotopic (exact) mass is 256 g/mol. The van der Waals surface area contributed by atoms with Gasteiger partial charge in [-0.2, -0.15) is 0 Å². The molecule has 6 aliphatic rings.